The van der Waals surface area contributed by atoms with Crippen molar-refractivity contribution < 1.29 is 4.74 Å². The molecule has 1 rings (SSSR count). The van der Waals surface area contributed by atoms with Crippen molar-refractivity contribution in [3.05, 3.63) is 0 Å². The van der Waals surface area contributed by atoms with Crippen LogP contribution in [0.2, 0.25) is 0 Å². The van der Waals surface area contributed by atoms with Crippen LogP contribution < -0.4 is 5.73 Å². The van der Waals surface area contributed by atoms with Crippen LogP contribution in [0.4, 0.5) is 0 Å². The minimum absolute atomic E-state index is 0.352. The monoisotopic (exact) mass is 228 g/mol. The third kappa shape index (κ3) is 4.81. The molecule has 1 heterocycles. The maximum Gasteiger partial charge on any atom is 0.0674 e. The molecule has 0 amide bonds. The molecule has 0 aliphatic carbocycles. The van der Waals surface area contributed by atoms with Gasteiger partial charge in [-0.2, -0.15) is 0 Å². The molecule has 2 N–H and O–H groups in total. The predicted molar refractivity (Wildman–Crippen MR) is 68.6 cm³/mol. The summed E-state index contributed by atoms with van der Waals surface area (Å²) in [6.45, 7) is 9.71. The fourth-order valence-electron chi connectivity index (χ4n) is 2.34. The molecule has 1 aliphatic heterocycles. The minimum Gasteiger partial charge on any atom is -0.376 e. The highest BCUT2D eigenvalue weighted by atomic mass is 16.5. The van der Waals surface area contributed by atoms with E-state index in [0.29, 0.717) is 18.2 Å². The van der Waals surface area contributed by atoms with Crippen molar-refractivity contribution in [3.8, 4) is 0 Å². The molecule has 3 heteroatoms. The maximum absolute atomic E-state index is 5.75. The van der Waals surface area contributed by atoms with Crippen LogP contribution in [0.1, 0.15) is 46.5 Å². The van der Waals surface area contributed by atoms with Gasteiger partial charge in [-0.3, -0.25) is 4.90 Å². The van der Waals surface area contributed by atoms with Crippen LogP contribution in [0.15, 0.2) is 0 Å². The highest BCUT2D eigenvalue weighted by Crippen LogP contribution is 2.15. The van der Waals surface area contributed by atoms with Crippen LogP contribution in [0.5, 0.6) is 0 Å². The van der Waals surface area contributed by atoms with Gasteiger partial charge in [0.25, 0.3) is 0 Å². The van der Waals surface area contributed by atoms with Crippen LogP contribution in [-0.2, 0) is 4.74 Å². The van der Waals surface area contributed by atoms with E-state index in [-0.39, 0.29) is 0 Å². The van der Waals surface area contributed by atoms with E-state index >= 15 is 0 Å². The Hall–Kier alpha value is -0.120. The number of ether oxygens (including phenoxy) is 1. The van der Waals surface area contributed by atoms with Gasteiger partial charge in [-0.1, -0.05) is 13.3 Å². The quantitative estimate of drug-likeness (QED) is 0.707. The average Bonchev–Trinajstić information content (AvgIpc) is 2.24. The molecular weight excluding hydrogens is 200 g/mol. The molecule has 3 nitrogen and oxygen atoms in total. The Labute approximate surface area is 100 Å². The highest BCUT2D eigenvalue weighted by Gasteiger charge is 2.24. The SMILES string of the molecule is CCC1COC(C)CN1CCCCC(C)N. The van der Waals surface area contributed by atoms with Gasteiger partial charge >= 0.3 is 0 Å². The summed E-state index contributed by atoms with van der Waals surface area (Å²) in [5.41, 5.74) is 5.75. The zero-order chi connectivity index (χ0) is 12.0. The van der Waals surface area contributed by atoms with Crippen LogP contribution in [0.3, 0.4) is 0 Å². The van der Waals surface area contributed by atoms with Crippen molar-refractivity contribution in [2.24, 2.45) is 5.73 Å². The topological polar surface area (TPSA) is 38.5 Å². The normalized spacial score (nSPS) is 29.2. The molecule has 0 aromatic heterocycles. The van der Waals surface area contributed by atoms with Crippen LogP contribution in [0, 0.1) is 0 Å². The van der Waals surface area contributed by atoms with Gasteiger partial charge in [-0.05, 0) is 39.7 Å². The number of nitrogens with zero attached hydrogens (tertiary/aromatic N) is 1. The molecule has 0 aromatic carbocycles. The van der Waals surface area contributed by atoms with Gasteiger partial charge < -0.3 is 10.5 Å². The van der Waals surface area contributed by atoms with Crippen molar-refractivity contribution in [1.82, 2.24) is 4.90 Å². The second-order valence-electron chi connectivity index (χ2n) is 5.17. The van der Waals surface area contributed by atoms with E-state index in [0.717, 1.165) is 19.6 Å². The van der Waals surface area contributed by atoms with Gasteiger partial charge in [0.2, 0.25) is 0 Å². The van der Waals surface area contributed by atoms with Crippen molar-refractivity contribution >= 4 is 0 Å². The van der Waals surface area contributed by atoms with E-state index < -0.39 is 0 Å². The van der Waals surface area contributed by atoms with Crippen molar-refractivity contribution in [2.75, 3.05) is 19.7 Å². The van der Waals surface area contributed by atoms with Gasteiger partial charge in [0.15, 0.2) is 0 Å². The van der Waals surface area contributed by atoms with E-state index in [1.54, 1.807) is 0 Å². The second kappa shape index (κ2) is 7.25. The molecule has 0 radical (unpaired) electrons. The van der Waals surface area contributed by atoms with Gasteiger partial charge in [-0.25, -0.2) is 0 Å². The second-order valence-corrected chi connectivity index (χ2v) is 5.17. The standard InChI is InChI=1S/C13H28N2O/c1-4-13-10-16-12(3)9-15(13)8-6-5-7-11(2)14/h11-13H,4-10,14H2,1-3H3. The van der Waals surface area contributed by atoms with Gasteiger partial charge in [0.05, 0.1) is 12.7 Å². The van der Waals surface area contributed by atoms with E-state index in [2.05, 4.69) is 25.7 Å². The Morgan fingerprint density at radius 3 is 2.81 bits per heavy atom. The summed E-state index contributed by atoms with van der Waals surface area (Å²) in [7, 11) is 0. The lowest BCUT2D eigenvalue weighted by molar-refractivity contribution is -0.0561. The third-order valence-electron chi connectivity index (χ3n) is 3.41. The molecule has 96 valence electrons. The number of hydrogen-bond donors (Lipinski definition) is 1. The molecule has 16 heavy (non-hydrogen) atoms. The summed E-state index contributed by atoms with van der Waals surface area (Å²) in [6, 6.07) is 0.983. The molecule has 1 fully saturated rings. The number of rotatable bonds is 6. The smallest absolute Gasteiger partial charge is 0.0674 e. The summed E-state index contributed by atoms with van der Waals surface area (Å²) in [5, 5.41) is 0. The zero-order valence-corrected chi connectivity index (χ0v) is 11.1. The summed E-state index contributed by atoms with van der Waals surface area (Å²) in [4.78, 5) is 2.59. The van der Waals surface area contributed by atoms with Crippen molar-refractivity contribution in [2.45, 2.75) is 64.6 Å². The number of morpholine rings is 1. The van der Waals surface area contributed by atoms with E-state index in [1.807, 2.05) is 0 Å². The predicted octanol–water partition coefficient (Wildman–Crippen LogP) is 2.00. The average molecular weight is 228 g/mol. The molecule has 1 saturated heterocycles. The summed E-state index contributed by atoms with van der Waals surface area (Å²) in [5.74, 6) is 0. The maximum atomic E-state index is 5.75. The van der Waals surface area contributed by atoms with E-state index in [9.17, 15) is 0 Å². The lowest BCUT2D eigenvalue weighted by Crippen LogP contribution is -2.48. The van der Waals surface area contributed by atoms with Crippen LogP contribution >= 0.6 is 0 Å². The first-order valence-electron chi connectivity index (χ1n) is 6.74. The molecular formula is C13H28N2O. The summed E-state index contributed by atoms with van der Waals surface area (Å²) >= 11 is 0. The minimum atomic E-state index is 0.352. The summed E-state index contributed by atoms with van der Waals surface area (Å²) < 4.78 is 5.69. The third-order valence-corrected chi connectivity index (χ3v) is 3.41. The Morgan fingerprint density at radius 1 is 1.44 bits per heavy atom. The lowest BCUT2D eigenvalue weighted by atomic mass is 10.1. The van der Waals surface area contributed by atoms with Crippen LogP contribution in [0.25, 0.3) is 0 Å². The number of nitrogens with two attached hydrogens (primary N) is 1. The Kier molecular flexibility index (Phi) is 6.32. The van der Waals surface area contributed by atoms with E-state index in [1.165, 1.54) is 25.8 Å². The van der Waals surface area contributed by atoms with Crippen LogP contribution in [-0.4, -0.2) is 42.8 Å². The Balaban J connectivity index is 2.21. The van der Waals surface area contributed by atoms with Gasteiger partial charge in [0.1, 0.15) is 0 Å². The Morgan fingerprint density at radius 2 is 2.19 bits per heavy atom. The first-order valence-corrected chi connectivity index (χ1v) is 6.74. The molecule has 0 spiro atoms. The van der Waals surface area contributed by atoms with Gasteiger partial charge in [0, 0.05) is 18.6 Å². The lowest BCUT2D eigenvalue weighted by Gasteiger charge is -2.38. The molecule has 0 aromatic rings. The summed E-state index contributed by atoms with van der Waals surface area (Å²) in [6.07, 6.45) is 5.26. The van der Waals surface area contributed by atoms with E-state index in [4.69, 9.17) is 10.5 Å². The zero-order valence-electron chi connectivity index (χ0n) is 11.1. The first-order chi connectivity index (χ1) is 7.63. The van der Waals surface area contributed by atoms with Crippen molar-refractivity contribution in [1.29, 1.82) is 0 Å². The van der Waals surface area contributed by atoms with Gasteiger partial charge in [-0.15, -0.1) is 0 Å². The molecule has 3 atom stereocenters. The molecule has 3 unspecified atom stereocenters. The molecule has 0 bridgehead atoms. The highest BCUT2D eigenvalue weighted by molar-refractivity contribution is 4.77. The first kappa shape index (κ1) is 13.9. The van der Waals surface area contributed by atoms with Crippen molar-refractivity contribution in [3.63, 3.8) is 0 Å². The number of hydrogen-bond acceptors (Lipinski definition) is 3. The molecule has 1 aliphatic rings. The molecule has 0 saturated carbocycles. The Bertz CT molecular complexity index is 185. The number of unbranched alkanes of at least 4 members (excludes halogenated alkanes) is 1. The largest absolute Gasteiger partial charge is 0.376 e. The fourth-order valence-corrected chi connectivity index (χ4v) is 2.34. The fraction of sp³-hybridized carbons (Fsp3) is 1.00.